The molecule has 1 aromatic heterocycles. The molecule has 0 spiro atoms. The fourth-order valence-electron chi connectivity index (χ4n) is 4.04. The van der Waals surface area contributed by atoms with Crippen LogP contribution in [0.25, 0.3) is 0 Å². The summed E-state index contributed by atoms with van der Waals surface area (Å²) >= 11 is 0. The Labute approximate surface area is 167 Å². The number of nitrogens with one attached hydrogen (secondary N) is 1. The fraction of sp³-hybridized carbons (Fsp3) is 0.476. The summed E-state index contributed by atoms with van der Waals surface area (Å²) in [6.07, 6.45) is 2.55. The van der Waals surface area contributed by atoms with Gasteiger partial charge in [0.1, 0.15) is 23.1 Å². The molecule has 1 aliphatic heterocycles. The Morgan fingerprint density at radius 2 is 1.93 bits per heavy atom. The zero-order chi connectivity index (χ0) is 20.8. The molecule has 0 saturated heterocycles. The van der Waals surface area contributed by atoms with E-state index in [0.717, 1.165) is 30.9 Å². The molecule has 0 radical (unpaired) electrons. The number of alkyl halides is 2. The van der Waals surface area contributed by atoms with Gasteiger partial charge in [0.25, 0.3) is 6.43 Å². The van der Waals surface area contributed by atoms with Gasteiger partial charge in [-0.2, -0.15) is 0 Å². The van der Waals surface area contributed by atoms with Crippen LogP contribution in [0.4, 0.5) is 19.0 Å². The second-order valence-corrected chi connectivity index (χ2v) is 7.95. The monoisotopic (exact) mass is 403 g/mol. The van der Waals surface area contributed by atoms with Gasteiger partial charge in [0.2, 0.25) is 0 Å². The maximum absolute atomic E-state index is 14.6. The summed E-state index contributed by atoms with van der Waals surface area (Å²) in [5.41, 5.74) is 6.97. The molecule has 2 heterocycles. The second-order valence-electron chi connectivity index (χ2n) is 7.95. The Morgan fingerprint density at radius 3 is 2.59 bits per heavy atom. The highest BCUT2D eigenvalue weighted by atomic mass is 19.3. The van der Waals surface area contributed by atoms with Crippen molar-refractivity contribution in [3.63, 3.8) is 0 Å². The van der Waals surface area contributed by atoms with Crippen LogP contribution in [0.15, 0.2) is 23.2 Å². The minimum Gasteiger partial charge on any atom is -0.363 e. The number of fused-ring (bicyclic) bond motifs is 1. The maximum Gasteiger partial charge on any atom is 0.266 e. The number of anilines is 1. The van der Waals surface area contributed by atoms with E-state index < -0.39 is 29.5 Å². The Bertz CT molecular complexity index is 958. The number of halogens is 3. The predicted octanol–water partition coefficient (Wildman–Crippen LogP) is 4.46. The van der Waals surface area contributed by atoms with Crippen LogP contribution in [-0.2, 0) is 6.42 Å². The van der Waals surface area contributed by atoms with Crippen LogP contribution in [0.3, 0.4) is 0 Å². The lowest BCUT2D eigenvalue weighted by Gasteiger charge is -2.41. The van der Waals surface area contributed by atoms with Crippen LogP contribution in [0, 0.1) is 18.7 Å². The standard InChI is InChI=1S/C21H24F3N5/c1-11(14-7-4-8-15(18(14)22)19(23)24)27-20-16-9-21(25,13-5-3-6-13)26-10-17(16)28-12(2)29-20/h4,7-8,10-11,13,19H,3,5-6,9,25H2,1-2H3,(H,27,28,29)/t11-,21?/m1/s1. The molecule has 2 aromatic rings. The number of hydrogen-bond donors (Lipinski definition) is 2. The zero-order valence-electron chi connectivity index (χ0n) is 16.4. The van der Waals surface area contributed by atoms with Crippen LogP contribution in [0.2, 0.25) is 0 Å². The summed E-state index contributed by atoms with van der Waals surface area (Å²) in [6, 6.07) is 3.47. The van der Waals surface area contributed by atoms with Crippen LogP contribution in [-0.4, -0.2) is 21.8 Å². The molecule has 4 rings (SSSR count). The van der Waals surface area contributed by atoms with Crippen molar-refractivity contribution >= 4 is 12.0 Å². The van der Waals surface area contributed by atoms with E-state index in [1.54, 1.807) is 20.1 Å². The van der Waals surface area contributed by atoms with E-state index in [0.29, 0.717) is 29.7 Å². The van der Waals surface area contributed by atoms with Crippen LogP contribution >= 0.6 is 0 Å². The Hall–Kier alpha value is -2.48. The molecule has 0 amide bonds. The first-order valence-electron chi connectivity index (χ1n) is 9.83. The SMILES string of the molecule is Cc1nc2c(c(N[C@H](C)c3cccc(C(F)F)c3F)n1)CC(N)(C1CCC1)N=C2. The Morgan fingerprint density at radius 1 is 1.21 bits per heavy atom. The predicted molar refractivity (Wildman–Crippen MR) is 106 cm³/mol. The molecule has 29 heavy (non-hydrogen) atoms. The first kappa shape index (κ1) is 19.8. The molecular formula is C21H24F3N5. The molecule has 154 valence electrons. The van der Waals surface area contributed by atoms with E-state index in [1.807, 2.05) is 0 Å². The average molecular weight is 403 g/mol. The molecule has 1 fully saturated rings. The molecular weight excluding hydrogens is 379 g/mol. The van der Waals surface area contributed by atoms with E-state index in [1.165, 1.54) is 12.1 Å². The van der Waals surface area contributed by atoms with Gasteiger partial charge < -0.3 is 11.1 Å². The summed E-state index contributed by atoms with van der Waals surface area (Å²) in [7, 11) is 0. The fourth-order valence-corrected chi connectivity index (χ4v) is 4.04. The third-order valence-corrected chi connectivity index (χ3v) is 5.96. The minimum absolute atomic E-state index is 0.162. The third kappa shape index (κ3) is 3.61. The van der Waals surface area contributed by atoms with Gasteiger partial charge in [0.15, 0.2) is 0 Å². The van der Waals surface area contributed by atoms with E-state index in [2.05, 4.69) is 20.3 Å². The second kappa shape index (κ2) is 7.40. The summed E-state index contributed by atoms with van der Waals surface area (Å²) in [5.74, 6) is 0.506. The molecule has 3 N–H and O–H groups in total. The topological polar surface area (TPSA) is 76.2 Å². The van der Waals surface area contributed by atoms with E-state index in [9.17, 15) is 13.2 Å². The number of aliphatic imine (C=N–C) groups is 1. The Balaban J connectivity index is 1.66. The van der Waals surface area contributed by atoms with Crippen LogP contribution < -0.4 is 11.1 Å². The number of nitrogens with two attached hydrogens (primary N) is 1. The highest BCUT2D eigenvalue weighted by Crippen LogP contribution is 2.40. The lowest BCUT2D eigenvalue weighted by molar-refractivity contribution is 0.146. The van der Waals surface area contributed by atoms with Crippen molar-refractivity contribution in [3.8, 4) is 0 Å². The van der Waals surface area contributed by atoms with Gasteiger partial charge in [-0.05, 0) is 32.6 Å². The average Bonchev–Trinajstić information content (AvgIpc) is 2.60. The highest BCUT2D eigenvalue weighted by molar-refractivity contribution is 5.83. The van der Waals surface area contributed by atoms with Crippen molar-refractivity contribution in [2.24, 2.45) is 16.6 Å². The molecule has 1 aliphatic carbocycles. The van der Waals surface area contributed by atoms with Crippen molar-refractivity contribution in [2.75, 3.05) is 5.32 Å². The number of benzene rings is 1. The minimum atomic E-state index is -2.87. The van der Waals surface area contributed by atoms with Gasteiger partial charge in [-0.15, -0.1) is 0 Å². The van der Waals surface area contributed by atoms with Gasteiger partial charge in [-0.25, -0.2) is 23.1 Å². The van der Waals surface area contributed by atoms with E-state index in [-0.39, 0.29) is 5.56 Å². The van der Waals surface area contributed by atoms with Crippen LogP contribution in [0.5, 0.6) is 0 Å². The third-order valence-electron chi connectivity index (χ3n) is 5.96. The summed E-state index contributed by atoms with van der Waals surface area (Å²) in [5, 5.41) is 3.19. The smallest absolute Gasteiger partial charge is 0.266 e. The molecule has 2 aliphatic rings. The lowest BCUT2D eigenvalue weighted by atomic mass is 9.73. The summed E-state index contributed by atoms with van der Waals surface area (Å²) < 4.78 is 40.7. The van der Waals surface area contributed by atoms with Crippen molar-refractivity contribution < 1.29 is 13.2 Å². The Kier molecular flexibility index (Phi) is 5.06. The quantitative estimate of drug-likeness (QED) is 0.773. The number of rotatable bonds is 5. The molecule has 8 heteroatoms. The number of nitrogens with zero attached hydrogens (tertiary/aromatic N) is 3. The number of hydrogen-bond acceptors (Lipinski definition) is 5. The van der Waals surface area contributed by atoms with Crippen molar-refractivity contribution in [1.82, 2.24) is 9.97 Å². The first-order chi connectivity index (χ1) is 13.8. The molecule has 1 saturated carbocycles. The molecule has 1 aromatic carbocycles. The normalized spacial score (nSPS) is 22.3. The van der Waals surface area contributed by atoms with Crippen molar-refractivity contribution in [1.29, 1.82) is 0 Å². The van der Waals surface area contributed by atoms with Gasteiger partial charge in [0.05, 0.1) is 17.3 Å². The number of aryl methyl sites for hydroxylation is 1. The first-order valence-corrected chi connectivity index (χ1v) is 9.83. The van der Waals surface area contributed by atoms with Gasteiger partial charge in [0, 0.05) is 23.8 Å². The van der Waals surface area contributed by atoms with Gasteiger partial charge in [-0.1, -0.05) is 24.6 Å². The molecule has 5 nitrogen and oxygen atoms in total. The molecule has 1 unspecified atom stereocenters. The molecule has 2 atom stereocenters. The number of aromatic nitrogens is 2. The van der Waals surface area contributed by atoms with Gasteiger partial charge in [-0.3, -0.25) is 4.99 Å². The van der Waals surface area contributed by atoms with E-state index >= 15 is 0 Å². The lowest BCUT2D eigenvalue weighted by Crippen LogP contribution is -2.51. The largest absolute Gasteiger partial charge is 0.363 e. The van der Waals surface area contributed by atoms with E-state index in [4.69, 9.17) is 5.73 Å². The van der Waals surface area contributed by atoms with Crippen molar-refractivity contribution in [3.05, 3.63) is 52.2 Å². The summed E-state index contributed by atoms with van der Waals surface area (Å²) in [6.45, 7) is 3.48. The van der Waals surface area contributed by atoms with Gasteiger partial charge >= 0.3 is 0 Å². The summed E-state index contributed by atoms with van der Waals surface area (Å²) in [4.78, 5) is 13.5. The highest BCUT2D eigenvalue weighted by Gasteiger charge is 2.41. The zero-order valence-corrected chi connectivity index (χ0v) is 16.4. The molecule has 0 bridgehead atoms. The maximum atomic E-state index is 14.6. The van der Waals surface area contributed by atoms with Crippen molar-refractivity contribution in [2.45, 2.75) is 57.7 Å². The van der Waals surface area contributed by atoms with Crippen LogP contribution in [0.1, 0.15) is 66.9 Å².